The van der Waals surface area contributed by atoms with Gasteiger partial charge in [0.1, 0.15) is 0 Å². The lowest BCUT2D eigenvalue weighted by atomic mass is 10.1. The first kappa shape index (κ1) is 15.8. The van der Waals surface area contributed by atoms with Gasteiger partial charge in [0.05, 0.1) is 20.3 Å². The van der Waals surface area contributed by atoms with Gasteiger partial charge in [0.25, 0.3) is 0 Å². The van der Waals surface area contributed by atoms with Gasteiger partial charge in [0.2, 0.25) is 0 Å². The summed E-state index contributed by atoms with van der Waals surface area (Å²) >= 11 is 0. The van der Waals surface area contributed by atoms with E-state index >= 15 is 0 Å². The van der Waals surface area contributed by atoms with Crippen molar-refractivity contribution in [1.82, 2.24) is 5.32 Å². The summed E-state index contributed by atoms with van der Waals surface area (Å²) in [5.41, 5.74) is 2.29. The van der Waals surface area contributed by atoms with Crippen LogP contribution in [0.25, 0.3) is 0 Å². The maximum atomic E-state index is 9.75. The fourth-order valence-corrected chi connectivity index (χ4v) is 1.80. The number of aliphatic hydroxyl groups excluding tert-OH is 1. The van der Waals surface area contributed by atoms with E-state index in [1.54, 1.807) is 14.2 Å². The minimum absolute atomic E-state index is 0.263. The van der Waals surface area contributed by atoms with Gasteiger partial charge in [-0.2, -0.15) is 0 Å². The van der Waals surface area contributed by atoms with Crippen LogP contribution in [0.5, 0.6) is 11.5 Å². The Kier molecular flexibility index (Phi) is 6.12. The van der Waals surface area contributed by atoms with E-state index in [1.807, 2.05) is 32.9 Å². The van der Waals surface area contributed by atoms with Crippen LogP contribution in [0.4, 0.5) is 0 Å². The van der Waals surface area contributed by atoms with Crippen LogP contribution in [-0.2, 0) is 6.54 Å². The summed E-state index contributed by atoms with van der Waals surface area (Å²) in [5.74, 6) is 1.74. The molecule has 0 aromatic heterocycles. The van der Waals surface area contributed by atoms with Crippen LogP contribution < -0.4 is 14.8 Å². The minimum atomic E-state index is -0.319. The Balaban J connectivity index is 2.68. The maximum Gasteiger partial charge on any atom is 0.161 e. The van der Waals surface area contributed by atoms with Crippen LogP contribution in [0, 0.1) is 12.8 Å². The van der Waals surface area contributed by atoms with Gasteiger partial charge in [-0.25, -0.2) is 0 Å². The van der Waals surface area contributed by atoms with Crippen LogP contribution in [-0.4, -0.2) is 32.0 Å². The summed E-state index contributed by atoms with van der Waals surface area (Å²) in [4.78, 5) is 0. The number of aliphatic hydroxyl groups is 1. The second-order valence-corrected chi connectivity index (χ2v) is 5.08. The molecule has 1 atom stereocenters. The molecule has 0 saturated heterocycles. The van der Waals surface area contributed by atoms with Gasteiger partial charge >= 0.3 is 0 Å². The molecule has 0 spiro atoms. The lowest BCUT2D eigenvalue weighted by molar-refractivity contribution is 0.123. The third-order valence-corrected chi connectivity index (χ3v) is 3.28. The lowest BCUT2D eigenvalue weighted by Gasteiger charge is -2.17. The van der Waals surface area contributed by atoms with Crippen LogP contribution >= 0.6 is 0 Å². The van der Waals surface area contributed by atoms with Gasteiger partial charge in [-0.15, -0.1) is 0 Å². The third kappa shape index (κ3) is 4.40. The second-order valence-electron chi connectivity index (χ2n) is 5.08. The molecular weight excluding hydrogens is 242 g/mol. The molecule has 0 radical (unpaired) electrons. The monoisotopic (exact) mass is 267 g/mol. The summed E-state index contributed by atoms with van der Waals surface area (Å²) < 4.78 is 10.6. The van der Waals surface area contributed by atoms with Gasteiger partial charge in [-0.05, 0) is 36.1 Å². The van der Waals surface area contributed by atoms with E-state index in [2.05, 4.69) is 5.32 Å². The van der Waals surface area contributed by atoms with Crippen LogP contribution in [0.1, 0.15) is 25.0 Å². The number of nitrogens with one attached hydrogen (secondary N) is 1. The van der Waals surface area contributed by atoms with E-state index < -0.39 is 0 Å². The molecule has 0 bridgehead atoms. The zero-order chi connectivity index (χ0) is 14.4. The van der Waals surface area contributed by atoms with Crippen molar-refractivity contribution in [2.75, 3.05) is 20.8 Å². The average molecular weight is 267 g/mol. The number of ether oxygens (including phenoxy) is 2. The highest BCUT2D eigenvalue weighted by molar-refractivity contribution is 5.46. The molecule has 19 heavy (non-hydrogen) atoms. The predicted molar refractivity (Wildman–Crippen MR) is 76.8 cm³/mol. The molecule has 1 aromatic rings. The van der Waals surface area contributed by atoms with E-state index in [-0.39, 0.29) is 12.0 Å². The van der Waals surface area contributed by atoms with E-state index in [0.29, 0.717) is 13.1 Å². The third-order valence-electron chi connectivity index (χ3n) is 3.28. The highest BCUT2D eigenvalue weighted by Crippen LogP contribution is 2.30. The molecule has 0 heterocycles. The molecule has 108 valence electrons. The number of aryl methyl sites for hydroxylation is 1. The van der Waals surface area contributed by atoms with Gasteiger partial charge in [0.15, 0.2) is 11.5 Å². The standard InChI is InChI=1S/C15H25NO3/c1-10(2)13(17)9-16-8-12-7-15(19-5)14(18-4)6-11(12)3/h6-7,10,13,16-17H,8-9H2,1-5H3. The average Bonchev–Trinajstić information content (AvgIpc) is 2.39. The summed E-state index contributed by atoms with van der Waals surface area (Å²) in [5, 5.41) is 13.0. The van der Waals surface area contributed by atoms with E-state index in [1.165, 1.54) is 0 Å². The van der Waals surface area contributed by atoms with Crippen molar-refractivity contribution in [3.05, 3.63) is 23.3 Å². The molecule has 1 unspecified atom stereocenters. The Labute approximate surface area is 115 Å². The summed E-state index contributed by atoms with van der Waals surface area (Å²) in [7, 11) is 3.27. The number of methoxy groups -OCH3 is 2. The van der Waals surface area contributed by atoms with Gasteiger partial charge < -0.3 is 19.9 Å². The molecule has 0 fully saturated rings. The molecule has 4 heteroatoms. The van der Waals surface area contributed by atoms with E-state index in [4.69, 9.17) is 9.47 Å². The Morgan fingerprint density at radius 1 is 1.16 bits per heavy atom. The van der Waals surface area contributed by atoms with Crippen molar-refractivity contribution in [3.8, 4) is 11.5 Å². The Hall–Kier alpha value is -1.26. The first-order valence-electron chi connectivity index (χ1n) is 6.59. The highest BCUT2D eigenvalue weighted by Gasteiger charge is 2.11. The molecule has 0 amide bonds. The maximum absolute atomic E-state index is 9.75. The second kappa shape index (κ2) is 7.36. The highest BCUT2D eigenvalue weighted by atomic mass is 16.5. The normalized spacial score (nSPS) is 12.6. The fourth-order valence-electron chi connectivity index (χ4n) is 1.80. The number of rotatable bonds is 7. The molecule has 0 aliphatic rings. The molecule has 0 saturated carbocycles. The Bertz CT molecular complexity index is 405. The number of hydrogen-bond acceptors (Lipinski definition) is 4. The Morgan fingerprint density at radius 3 is 2.26 bits per heavy atom. The molecule has 0 aliphatic carbocycles. The molecular formula is C15H25NO3. The van der Waals surface area contributed by atoms with Crippen LogP contribution in [0.15, 0.2) is 12.1 Å². The van der Waals surface area contributed by atoms with Gasteiger partial charge in [-0.3, -0.25) is 0 Å². The molecule has 1 aromatic carbocycles. The number of hydrogen-bond donors (Lipinski definition) is 2. The zero-order valence-corrected chi connectivity index (χ0v) is 12.5. The van der Waals surface area contributed by atoms with E-state index in [9.17, 15) is 5.11 Å². The Morgan fingerprint density at radius 2 is 1.74 bits per heavy atom. The molecule has 2 N–H and O–H groups in total. The summed E-state index contributed by atoms with van der Waals surface area (Å²) in [6, 6.07) is 3.94. The zero-order valence-electron chi connectivity index (χ0n) is 12.5. The van der Waals surface area contributed by atoms with Gasteiger partial charge in [0, 0.05) is 13.1 Å². The summed E-state index contributed by atoms with van der Waals surface area (Å²) in [6.45, 7) is 7.35. The topological polar surface area (TPSA) is 50.7 Å². The molecule has 1 rings (SSSR count). The van der Waals surface area contributed by atoms with Crippen LogP contribution in [0.2, 0.25) is 0 Å². The lowest BCUT2D eigenvalue weighted by Crippen LogP contribution is -2.30. The smallest absolute Gasteiger partial charge is 0.161 e. The van der Waals surface area contributed by atoms with Crippen molar-refractivity contribution in [2.24, 2.45) is 5.92 Å². The van der Waals surface area contributed by atoms with Gasteiger partial charge in [-0.1, -0.05) is 13.8 Å². The number of benzene rings is 1. The first-order valence-corrected chi connectivity index (χ1v) is 6.59. The largest absolute Gasteiger partial charge is 0.493 e. The van der Waals surface area contributed by atoms with Crippen molar-refractivity contribution < 1.29 is 14.6 Å². The van der Waals surface area contributed by atoms with Crippen molar-refractivity contribution in [2.45, 2.75) is 33.4 Å². The fraction of sp³-hybridized carbons (Fsp3) is 0.600. The minimum Gasteiger partial charge on any atom is -0.493 e. The summed E-state index contributed by atoms with van der Waals surface area (Å²) in [6.07, 6.45) is -0.319. The first-order chi connectivity index (χ1) is 8.99. The SMILES string of the molecule is COc1cc(C)c(CNCC(O)C(C)C)cc1OC. The van der Waals surface area contributed by atoms with Crippen LogP contribution in [0.3, 0.4) is 0 Å². The van der Waals surface area contributed by atoms with Crippen molar-refractivity contribution in [3.63, 3.8) is 0 Å². The predicted octanol–water partition coefficient (Wildman–Crippen LogP) is 2.12. The van der Waals surface area contributed by atoms with Crippen molar-refractivity contribution >= 4 is 0 Å². The van der Waals surface area contributed by atoms with E-state index in [0.717, 1.165) is 22.6 Å². The quantitative estimate of drug-likeness (QED) is 0.794. The molecule has 4 nitrogen and oxygen atoms in total. The van der Waals surface area contributed by atoms with Crippen molar-refractivity contribution in [1.29, 1.82) is 0 Å². The molecule has 0 aliphatic heterocycles.